The van der Waals surface area contributed by atoms with Gasteiger partial charge < -0.3 is 9.47 Å². The van der Waals surface area contributed by atoms with Gasteiger partial charge in [0.05, 0.1) is 12.0 Å². The predicted octanol–water partition coefficient (Wildman–Crippen LogP) is 4.08. The molecule has 0 fully saturated rings. The van der Waals surface area contributed by atoms with E-state index < -0.39 is 4.92 Å². The number of alkyl halides is 1. The summed E-state index contributed by atoms with van der Waals surface area (Å²) in [5, 5.41) is 11.6. The first-order valence-electron chi connectivity index (χ1n) is 6.23. The van der Waals surface area contributed by atoms with E-state index in [1.807, 2.05) is 24.3 Å². The molecule has 21 heavy (non-hydrogen) atoms. The van der Waals surface area contributed by atoms with Crippen LogP contribution in [0.5, 0.6) is 11.5 Å². The van der Waals surface area contributed by atoms with Gasteiger partial charge >= 0.3 is 0 Å². The summed E-state index contributed by atoms with van der Waals surface area (Å²) in [5.41, 5.74) is 1.80. The lowest BCUT2D eigenvalue weighted by atomic mass is 10.2. The van der Waals surface area contributed by atoms with Crippen LogP contribution in [-0.4, -0.2) is 12.0 Å². The lowest BCUT2D eigenvalue weighted by Crippen LogP contribution is -2.00. The molecule has 0 atom stereocenters. The number of nitrogens with zero attached hydrogens (tertiary/aromatic N) is 1. The minimum absolute atomic E-state index is 0.0176. The Bertz CT molecular complexity index is 628. The first-order valence-corrected chi connectivity index (χ1v) is 7.35. The van der Waals surface area contributed by atoms with Crippen LogP contribution in [0, 0.1) is 10.1 Å². The smallest absolute Gasteiger partial charge is 0.270 e. The maximum Gasteiger partial charge on any atom is 0.270 e. The maximum atomic E-state index is 10.8. The second kappa shape index (κ2) is 7.08. The van der Waals surface area contributed by atoms with Crippen LogP contribution in [0.15, 0.2) is 42.5 Å². The number of nitro benzene ring substituents is 1. The topological polar surface area (TPSA) is 61.6 Å². The zero-order chi connectivity index (χ0) is 15.2. The maximum absolute atomic E-state index is 10.8. The summed E-state index contributed by atoms with van der Waals surface area (Å²) in [4.78, 5) is 10.4. The average molecular weight is 352 g/mol. The molecule has 0 unspecified atom stereocenters. The van der Waals surface area contributed by atoms with Gasteiger partial charge in [0.15, 0.2) is 0 Å². The Labute approximate surface area is 130 Å². The van der Waals surface area contributed by atoms with E-state index in [-0.39, 0.29) is 12.3 Å². The van der Waals surface area contributed by atoms with Gasteiger partial charge in [-0.3, -0.25) is 10.1 Å². The summed E-state index contributed by atoms with van der Waals surface area (Å²) in [5.74, 6) is 1.27. The number of nitro groups is 1. The SMILES string of the molecule is COc1ccc([N+](=O)[O-])cc1COc1ccc(CBr)cc1. The van der Waals surface area contributed by atoms with Crippen molar-refractivity contribution in [3.63, 3.8) is 0 Å². The lowest BCUT2D eigenvalue weighted by Gasteiger charge is -2.10. The van der Waals surface area contributed by atoms with Gasteiger partial charge in [0.25, 0.3) is 5.69 Å². The van der Waals surface area contributed by atoms with Crippen LogP contribution >= 0.6 is 15.9 Å². The van der Waals surface area contributed by atoms with Gasteiger partial charge in [-0.05, 0) is 23.8 Å². The van der Waals surface area contributed by atoms with Crippen LogP contribution in [0.3, 0.4) is 0 Å². The number of halogens is 1. The highest BCUT2D eigenvalue weighted by Crippen LogP contribution is 2.25. The predicted molar refractivity (Wildman–Crippen MR) is 83.1 cm³/mol. The van der Waals surface area contributed by atoms with Gasteiger partial charge in [-0.2, -0.15) is 0 Å². The highest BCUT2D eigenvalue weighted by Gasteiger charge is 2.11. The Hall–Kier alpha value is -2.08. The molecule has 5 nitrogen and oxygen atoms in total. The van der Waals surface area contributed by atoms with E-state index >= 15 is 0 Å². The first kappa shape index (κ1) is 15.3. The summed E-state index contributed by atoms with van der Waals surface area (Å²) in [7, 11) is 1.52. The third-order valence-corrected chi connectivity index (χ3v) is 3.59. The van der Waals surface area contributed by atoms with Gasteiger partial charge in [-0.15, -0.1) is 0 Å². The Morgan fingerprint density at radius 2 is 1.90 bits per heavy atom. The summed E-state index contributed by atoms with van der Waals surface area (Å²) in [6.07, 6.45) is 0. The van der Waals surface area contributed by atoms with Gasteiger partial charge in [0.1, 0.15) is 18.1 Å². The molecule has 2 aromatic rings. The number of rotatable bonds is 6. The largest absolute Gasteiger partial charge is 0.496 e. The van der Waals surface area contributed by atoms with E-state index in [2.05, 4.69) is 15.9 Å². The van der Waals surface area contributed by atoms with Crippen molar-refractivity contribution < 1.29 is 14.4 Å². The van der Waals surface area contributed by atoms with Gasteiger partial charge in [-0.25, -0.2) is 0 Å². The van der Waals surface area contributed by atoms with Crippen molar-refractivity contribution in [2.45, 2.75) is 11.9 Å². The number of methoxy groups -OCH3 is 1. The van der Waals surface area contributed by atoms with E-state index in [1.54, 1.807) is 6.07 Å². The van der Waals surface area contributed by atoms with Gasteiger partial charge in [-0.1, -0.05) is 28.1 Å². The Balaban J connectivity index is 2.13. The van der Waals surface area contributed by atoms with Gasteiger partial charge in [0, 0.05) is 23.0 Å². The van der Waals surface area contributed by atoms with Crippen molar-refractivity contribution in [1.82, 2.24) is 0 Å². The lowest BCUT2D eigenvalue weighted by molar-refractivity contribution is -0.385. The minimum Gasteiger partial charge on any atom is -0.496 e. The van der Waals surface area contributed by atoms with E-state index in [9.17, 15) is 10.1 Å². The number of hydrogen-bond donors (Lipinski definition) is 0. The molecule has 0 aromatic heterocycles. The third kappa shape index (κ3) is 3.95. The van der Waals surface area contributed by atoms with Crippen molar-refractivity contribution in [2.24, 2.45) is 0 Å². The Morgan fingerprint density at radius 1 is 1.19 bits per heavy atom. The third-order valence-electron chi connectivity index (χ3n) is 2.95. The molecule has 0 radical (unpaired) electrons. The van der Waals surface area contributed by atoms with Crippen LogP contribution in [0.1, 0.15) is 11.1 Å². The molecular formula is C15H14BrNO4. The van der Waals surface area contributed by atoms with Crippen LogP contribution in [-0.2, 0) is 11.9 Å². The van der Waals surface area contributed by atoms with E-state index in [4.69, 9.17) is 9.47 Å². The molecule has 2 rings (SSSR count). The van der Waals surface area contributed by atoms with Crippen molar-refractivity contribution in [2.75, 3.05) is 7.11 Å². The molecular weight excluding hydrogens is 338 g/mol. The quantitative estimate of drug-likeness (QED) is 0.447. The Morgan fingerprint density at radius 3 is 2.48 bits per heavy atom. The zero-order valence-electron chi connectivity index (χ0n) is 11.4. The molecule has 0 saturated carbocycles. The van der Waals surface area contributed by atoms with E-state index in [1.165, 1.54) is 19.2 Å². The number of benzene rings is 2. The second-order valence-electron chi connectivity index (χ2n) is 4.32. The van der Waals surface area contributed by atoms with Crippen molar-refractivity contribution in [3.8, 4) is 11.5 Å². The summed E-state index contributed by atoms with van der Waals surface area (Å²) >= 11 is 3.38. The molecule has 0 N–H and O–H groups in total. The van der Waals surface area contributed by atoms with Crippen LogP contribution in [0.25, 0.3) is 0 Å². The normalized spacial score (nSPS) is 10.2. The molecule has 0 aliphatic rings. The number of non-ortho nitro benzene ring substituents is 1. The molecule has 0 saturated heterocycles. The molecule has 0 heterocycles. The Kier molecular flexibility index (Phi) is 5.16. The molecule has 0 aliphatic carbocycles. The molecule has 0 spiro atoms. The summed E-state index contributed by atoms with van der Waals surface area (Å²) < 4.78 is 10.8. The van der Waals surface area contributed by atoms with Crippen molar-refractivity contribution >= 4 is 21.6 Å². The summed E-state index contributed by atoms with van der Waals surface area (Å²) in [6, 6.07) is 12.1. The fraction of sp³-hybridized carbons (Fsp3) is 0.200. The minimum atomic E-state index is -0.437. The van der Waals surface area contributed by atoms with Crippen LogP contribution < -0.4 is 9.47 Å². The molecule has 0 aliphatic heterocycles. The average Bonchev–Trinajstić information content (AvgIpc) is 2.53. The zero-order valence-corrected chi connectivity index (χ0v) is 13.0. The van der Waals surface area contributed by atoms with Crippen molar-refractivity contribution in [3.05, 3.63) is 63.7 Å². The number of hydrogen-bond acceptors (Lipinski definition) is 4. The van der Waals surface area contributed by atoms with Gasteiger partial charge in [0.2, 0.25) is 0 Å². The summed E-state index contributed by atoms with van der Waals surface area (Å²) in [6.45, 7) is 0.207. The molecule has 6 heteroatoms. The molecule has 110 valence electrons. The second-order valence-corrected chi connectivity index (χ2v) is 4.88. The van der Waals surface area contributed by atoms with E-state index in [0.29, 0.717) is 17.1 Å². The first-order chi connectivity index (χ1) is 10.1. The monoisotopic (exact) mass is 351 g/mol. The molecule has 0 bridgehead atoms. The standard InChI is InChI=1S/C15H14BrNO4/c1-20-15-7-4-13(17(18)19)8-12(15)10-21-14-5-2-11(9-16)3-6-14/h2-8H,9-10H2,1H3. The van der Waals surface area contributed by atoms with E-state index in [0.717, 1.165) is 10.9 Å². The highest BCUT2D eigenvalue weighted by molar-refractivity contribution is 9.08. The van der Waals surface area contributed by atoms with Crippen molar-refractivity contribution in [1.29, 1.82) is 0 Å². The fourth-order valence-corrected chi connectivity index (χ4v) is 2.20. The van der Waals surface area contributed by atoms with Crippen LogP contribution in [0.4, 0.5) is 5.69 Å². The molecule has 0 amide bonds. The molecule has 2 aromatic carbocycles. The number of ether oxygens (including phenoxy) is 2. The van der Waals surface area contributed by atoms with Crippen LogP contribution in [0.2, 0.25) is 0 Å². The highest BCUT2D eigenvalue weighted by atomic mass is 79.9. The fourth-order valence-electron chi connectivity index (χ4n) is 1.83.